The lowest BCUT2D eigenvalue weighted by Gasteiger charge is -2.68. The highest BCUT2D eigenvalue weighted by molar-refractivity contribution is 6.59. The Bertz CT molecular complexity index is 773. The molecule has 3 unspecified atom stereocenters. The first-order valence-corrected chi connectivity index (χ1v) is 19.1. The molecule has 1 saturated heterocycles. The molecule has 1 heteroatoms. The summed E-state index contributed by atoms with van der Waals surface area (Å²) >= 11 is -0.347. The average Bonchev–Trinajstić information content (AvgIpc) is 3.40. The largest absolute Gasteiger partial charge is 0.262 e. The molecule has 11 atom stereocenters. The molecule has 1 aliphatic heterocycles. The van der Waals surface area contributed by atoms with Crippen LogP contribution in [0.3, 0.4) is 0 Å². The van der Waals surface area contributed by atoms with E-state index in [0.29, 0.717) is 10.8 Å². The van der Waals surface area contributed by atoms with Crippen molar-refractivity contribution in [3.63, 3.8) is 0 Å². The molecule has 0 aromatic carbocycles. The number of hydrogen-bond acceptors (Lipinski definition) is 0. The SMILES string of the molecule is C[CH2][Al]1[CH2]CC2(CC3C[C@@]4(C)[C@@H](CC[C@@H]5[C@@H]4CC[C@]4(C)[C@@H]([C@H](C)CCCC(C)C)CC[C@@H]54)CC32)[CH2]1. The van der Waals surface area contributed by atoms with Gasteiger partial charge in [0.25, 0.3) is 14.1 Å². The van der Waals surface area contributed by atoms with Crippen LogP contribution in [-0.4, -0.2) is 14.1 Å². The van der Waals surface area contributed by atoms with Crippen molar-refractivity contribution in [2.75, 3.05) is 0 Å². The highest BCUT2D eigenvalue weighted by Crippen LogP contribution is 2.74. The van der Waals surface area contributed by atoms with Crippen molar-refractivity contribution < 1.29 is 0 Å². The van der Waals surface area contributed by atoms with Crippen LogP contribution < -0.4 is 0 Å². The third-order valence-electron chi connectivity index (χ3n) is 14.9. The molecule has 0 aromatic heterocycles. The highest BCUT2D eigenvalue weighted by Gasteiger charge is 2.66. The molecule has 1 heterocycles. The van der Waals surface area contributed by atoms with Gasteiger partial charge in [-0.25, -0.2) is 0 Å². The molecule has 35 heavy (non-hydrogen) atoms. The molecule has 0 radical (unpaired) electrons. The van der Waals surface area contributed by atoms with Gasteiger partial charge in [-0.1, -0.05) is 83.1 Å². The Balaban J connectivity index is 1.14. The molecule has 0 nitrogen and oxygen atoms in total. The lowest BCUT2D eigenvalue weighted by molar-refractivity contribution is -0.180. The van der Waals surface area contributed by atoms with E-state index in [1.807, 2.05) is 0 Å². The second-order valence-corrected chi connectivity index (χ2v) is 20.1. The Morgan fingerprint density at radius 3 is 2.37 bits per heavy atom. The van der Waals surface area contributed by atoms with E-state index in [4.69, 9.17) is 0 Å². The Hall–Kier alpha value is 0.532. The maximum atomic E-state index is 2.84. The van der Waals surface area contributed by atoms with E-state index in [-0.39, 0.29) is 14.1 Å². The van der Waals surface area contributed by atoms with Crippen LogP contribution in [0.5, 0.6) is 0 Å². The summed E-state index contributed by atoms with van der Waals surface area (Å²) in [7, 11) is 0. The van der Waals surface area contributed by atoms with Crippen LogP contribution in [0.2, 0.25) is 15.8 Å². The highest BCUT2D eigenvalue weighted by atomic mass is 27.2. The third-order valence-corrected chi connectivity index (χ3v) is 18.5. The molecular formula is C34H59Al. The summed E-state index contributed by atoms with van der Waals surface area (Å²) in [5.74, 6) is 9.45. The van der Waals surface area contributed by atoms with E-state index in [0.717, 1.165) is 58.7 Å². The number of rotatable bonds is 6. The summed E-state index contributed by atoms with van der Waals surface area (Å²) in [6, 6.07) is 0. The molecule has 0 bridgehead atoms. The molecular weight excluding hydrogens is 435 g/mol. The second kappa shape index (κ2) is 9.32. The molecule has 5 saturated carbocycles. The van der Waals surface area contributed by atoms with Crippen LogP contribution in [-0.2, 0) is 0 Å². The molecule has 5 aliphatic carbocycles. The predicted octanol–water partition coefficient (Wildman–Crippen LogP) is 10.3. The molecule has 1 spiro atoms. The summed E-state index contributed by atoms with van der Waals surface area (Å²) in [6.45, 7) is 15.6. The monoisotopic (exact) mass is 494 g/mol. The van der Waals surface area contributed by atoms with Crippen molar-refractivity contribution in [2.45, 2.75) is 141 Å². The third kappa shape index (κ3) is 4.00. The van der Waals surface area contributed by atoms with Crippen LogP contribution in [0.1, 0.15) is 125 Å². The first-order valence-electron chi connectivity index (χ1n) is 16.7. The fourth-order valence-corrected chi connectivity index (χ4v) is 16.8. The van der Waals surface area contributed by atoms with Gasteiger partial charge in [0.15, 0.2) is 0 Å². The van der Waals surface area contributed by atoms with Crippen molar-refractivity contribution in [1.29, 1.82) is 0 Å². The predicted molar refractivity (Wildman–Crippen MR) is 153 cm³/mol. The normalized spacial score (nSPS) is 51.5. The zero-order valence-corrected chi connectivity index (χ0v) is 25.7. The minimum Gasteiger partial charge on any atom is -0.0967 e. The van der Waals surface area contributed by atoms with E-state index in [1.54, 1.807) is 80.1 Å². The van der Waals surface area contributed by atoms with Crippen LogP contribution in [0.25, 0.3) is 0 Å². The van der Waals surface area contributed by atoms with Crippen LogP contribution in [0, 0.1) is 69.5 Å². The van der Waals surface area contributed by atoms with Gasteiger partial charge in [-0.15, -0.1) is 0 Å². The quantitative estimate of drug-likeness (QED) is 0.322. The van der Waals surface area contributed by atoms with Gasteiger partial charge in [-0.3, -0.25) is 0 Å². The zero-order valence-electron chi connectivity index (χ0n) is 24.6. The fourth-order valence-electron chi connectivity index (χ4n) is 13.1. The van der Waals surface area contributed by atoms with Crippen molar-refractivity contribution in [2.24, 2.45) is 69.5 Å². The summed E-state index contributed by atoms with van der Waals surface area (Å²) < 4.78 is 0. The van der Waals surface area contributed by atoms with Gasteiger partial charge >= 0.3 is 0 Å². The standard InChI is InChI=1S/C32H54.C2H5.Al/c1-8-30(5)19-23-20-32(7)24(18-29(23)30)12-13-25-27-15-14-26(22(4)11-9-10-21(2)3)31(27,6)17-16-28(25)32;1-2;/h21-29H,1,5,8-20H2,2-4,6-7H3;1H2,2H3;/t22-,23?,24+,25+,26-,27+,28+,29?,30?,31-,32+;;/m1../s1. The van der Waals surface area contributed by atoms with Crippen LogP contribution in [0.15, 0.2) is 0 Å². The molecule has 6 rings (SSSR count). The van der Waals surface area contributed by atoms with E-state index >= 15 is 0 Å². The Morgan fingerprint density at radius 2 is 1.63 bits per heavy atom. The maximum absolute atomic E-state index is 2.84. The van der Waals surface area contributed by atoms with E-state index < -0.39 is 0 Å². The van der Waals surface area contributed by atoms with E-state index in [1.165, 1.54) is 19.3 Å². The van der Waals surface area contributed by atoms with Gasteiger partial charge < -0.3 is 0 Å². The second-order valence-electron chi connectivity index (χ2n) is 16.6. The van der Waals surface area contributed by atoms with Gasteiger partial charge in [-0.2, -0.15) is 0 Å². The lowest BCUT2D eigenvalue weighted by atomic mass is 9.37. The average molecular weight is 495 g/mol. The first-order chi connectivity index (χ1) is 16.7. The van der Waals surface area contributed by atoms with E-state index in [2.05, 4.69) is 41.5 Å². The Kier molecular flexibility index (Phi) is 6.87. The van der Waals surface area contributed by atoms with Gasteiger partial charge in [0, 0.05) is 0 Å². The van der Waals surface area contributed by atoms with Gasteiger partial charge in [0.05, 0.1) is 0 Å². The summed E-state index contributed by atoms with van der Waals surface area (Å²) in [6.07, 6.45) is 20.5. The van der Waals surface area contributed by atoms with Crippen molar-refractivity contribution >= 4 is 14.1 Å². The summed E-state index contributed by atoms with van der Waals surface area (Å²) in [5.41, 5.74) is 2.25. The van der Waals surface area contributed by atoms with Gasteiger partial charge in [0.1, 0.15) is 0 Å². The van der Waals surface area contributed by atoms with Gasteiger partial charge in [-0.05, 0) is 127 Å². The summed E-state index contributed by atoms with van der Waals surface area (Å²) in [4.78, 5) is 0. The molecule has 0 amide bonds. The Morgan fingerprint density at radius 1 is 0.829 bits per heavy atom. The number of hydrogen-bond donors (Lipinski definition) is 0. The van der Waals surface area contributed by atoms with Gasteiger partial charge in [0.2, 0.25) is 0 Å². The van der Waals surface area contributed by atoms with Crippen molar-refractivity contribution in [3.05, 3.63) is 0 Å². The Labute approximate surface area is 223 Å². The first kappa shape index (κ1) is 25.8. The molecule has 0 N–H and O–H groups in total. The summed E-state index contributed by atoms with van der Waals surface area (Å²) in [5, 5.41) is 5.03. The molecule has 198 valence electrons. The topological polar surface area (TPSA) is 0 Å². The number of fused-ring (bicyclic) bond motifs is 7. The van der Waals surface area contributed by atoms with E-state index in [9.17, 15) is 0 Å². The van der Waals surface area contributed by atoms with Crippen molar-refractivity contribution in [1.82, 2.24) is 0 Å². The molecule has 6 fully saturated rings. The zero-order chi connectivity index (χ0) is 24.6. The minimum absolute atomic E-state index is 0.347. The lowest BCUT2D eigenvalue weighted by Crippen LogP contribution is -2.60. The molecule has 6 aliphatic rings. The van der Waals surface area contributed by atoms with Crippen LogP contribution >= 0.6 is 0 Å². The fraction of sp³-hybridized carbons (Fsp3) is 1.00. The van der Waals surface area contributed by atoms with Crippen molar-refractivity contribution in [3.8, 4) is 0 Å². The van der Waals surface area contributed by atoms with Crippen LogP contribution in [0.4, 0.5) is 0 Å². The smallest absolute Gasteiger partial charge is 0.0967 e. The maximum Gasteiger partial charge on any atom is 0.262 e. The minimum atomic E-state index is -0.347. The molecule has 0 aromatic rings.